The second-order valence-electron chi connectivity index (χ2n) is 8.13. The SMILES string of the molecule is CC(C)=CCOc1c(-n2nc3ccc(Cl)cc3n2)cc(C)cc1C(C)(C)C. The monoisotopic (exact) mass is 383 g/mol. The predicted molar refractivity (Wildman–Crippen MR) is 112 cm³/mol. The van der Waals surface area contributed by atoms with Crippen LogP contribution in [0.3, 0.4) is 0 Å². The number of aromatic nitrogens is 3. The van der Waals surface area contributed by atoms with Gasteiger partial charge in [0.05, 0.1) is 0 Å². The van der Waals surface area contributed by atoms with Gasteiger partial charge in [0, 0.05) is 10.6 Å². The number of halogens is 1. The van der Waals surface area contributed by atoms with E-state index < -0.39 is 0 Å². The summed E-state index contributed by atoms with van der Waals surface area (Å²) in [6.07, 6.45) is 2.07. The minimum atomic E-state index is -0.0725. The zero-order valence-corrected chi connectivity index (χ0v) is 17.6. The number of fused-ring (bicyclic) bond motifs is 1. The van der Waals surface area contributed by atoms with Gasteiger partial charge in [-0.25, -0.2) is 0 Å². The fourth-order valence-electron chi connectivity index (χ4n) is 2.90. The highest BCUT2D eigenvalue weighted by atomic mass is 35.5. The first kappa shape index (κ1) is 19.4. The van der Waals surface area contributed by atoms with E-state index in [1.807, 2.05) is 18.2 Å². The summed E-state index contributed by atoms with van der Waals surface area (Å²) in [4.78, 5) is 1.65. The summed E-state index contributed by atoms with van der Waals surface area (Å²) in [5.41, 5.74) is 5.83. The molecule has 0 N–H and O–H groups in total. The first-order chi connectivity index (χ1) is 12.6. The van der Waals surface area contributed by atoms with Crippen molar-refractivity contribution in [3.8, 4) is 11.4 Å². The van der Waals surface area contributed by atoms with Gasteiger partial charge < -0.3 is 4.74 Å². The van der Waals surface area contributed by atoms with Crippen LogP contribution >= 0.6 is 11.6 Å². The van der Waals surface area contributed by atoms with Crippen LogP contribution in [0.25, 0.3) is 16.7 Å². The molecular weight excluding hydrogens is 358 g/mol. The van der Waals surface area contributed by atoms with Crippen LogP contribution in [-0.4, -0.2) is 21.6 Å². The number of nitrogens with zero attached hydrogens (tertiary/aromatic N) is 3. The van der Waals surface area contributed by atoms with Crippen molar-refractivity contribution in [3.63, 3.8) is 0 Å². The van der Waals surface area contributed by atoms with E-state index in [0.29, 0.717) is 11.6 Å². The Labute approximate surface area is 165 Å². The summed E-state index contributed by atoms with van der Waals surface area (Å²) < 4.78 is 6.23. The van der Waals surface area contributed by atoms with Crippen LogP contribution in [0.2, 0.25) is 5.02 Å². The third-order valence-corrected chi connectivity index (χ3v) is 4.53. The summed E-state index contributed by atoms with van der Waals surface area (Å²) in [5, 5.41) is 9.93. The van der Waals surface area contributed by atoms with Gasteiger partial charge in [-0.1, -0.05) is 44.0 Å². The molecule has 0 amide bonds. The maximum absolute atomic E-state index is 6.23. The fourth-order valence-corrected chi connectivity index (χ4v) is 3.06. The molecule has 5 heteroatoms. The lowest BCUT2D eigenvalue weighted by Gasteiger charge is -2.25. The maximum Gasteiger partial charge on any atom is 0.151 e. The average Bonchev–Trinajstić information content (AvgIpc) is 2.97. The minimum absolute atomic E-state index is 0.0725. The van der Waals surface area contributed by atoms with E-state index >= 15 is 0 Å². The highest BCUT2D eigenvalue weighted by Gasteiger charge is 2.24. The fraction of sp³-hybridized carbons (Fsp3) is 0.364. The van der Waals surface area contributed by atoms with Gasteiger partial charge in [-0.15, -0.1) is 15.0 Å². The number of allylic oxidation sites excluding steroid dienone is 1. The molecule has 0 radical (unpaired) electrons. The molecule has 1 aromatic heterocycles. The Hall–Kier alpha value is -2.33. The number of ether oxygens (including phenoxy) is 1. The van der Waals surface area contributed by atoms with Crippen molar-refractivity contribution in [1.82, 2.24) is 15.0 Å². The highest BCUT2D eigenvalue weighted by molar-refractivity contribution is 6.31. The van der Waals surface area contributed by atoms with E-state index in [9.17, 15) is 0 Å². The van der Waals surface area contributed by atoms with Crippen LogP contribution in [0.1, 0.15) is 45.7 Å². The van der Waals surface area contributed by atoms with Crippen molar-refractivity contribution in [2.24, 2.45) is 0 Å². The quantitative estimate of drug-likeness (QED) is 0.517. The van der Waals surface area contributed by atoms with E-state index in [-0.39, 0.29) is 5.41 Å². The Kier molecular flexibility index (Phi) is 5.29. The first-order valence-corrected chi connectivity index (χ1v) is 9.47. The van der Waals surface area contributed by atoms with Crippen molar-refractivity contribution in [2.75, 3.05) is 6.61 Å². The molecule has 1 heterocycles. The smallest absolute Gasteiger partial charge is 0.151 e. The molecule has 0 fully saturated rings. The molecule has 0 saturated heterocycles. The summed E-state index contributed by atoms with van der Waals surface area (Å²) in [7, 11) is 0. The lowest BCUT2D eigenvalue weighted by atomic mass is 9.85. The van der Waals surface area contributed by atoms with Gasteiger partial charge in [-0.3, -0.25) is 0 Å². The van der Waals surface area contributed by atoms with Crippen LogP contribution in [0.5, 0.6) is 5.75 Å². The second kappa shape index (κ2) is 7.35. The minimum Gasteiger partial charge on any atom is -0.487 e. The van der Waals surface area contributed by atoms with E-state index in [1.165, 1.54) is 5.57 Å². The van der Waals surface area contributed by atoms with E-state index in [1.54, 1.807) is 4.80 Å². The lowest BCUT2D eigenvalue weighted by Crippen LogP contribution is -2.16. The van der Waals surface area contributed by atoms with Gasteiger partial charge in [-0.05, 0) is 62.1 Å². The maximum atomic E-state index is 6.23. The zero-order valence-electron chi connectivity index (χ0n) is 16.8. The van der Waals surface area contributed by atoms with Crippen LogP contribution in [-0.2, 0) is 5.41 Å². The largest absolute Gasteiger partial charge is 0.487 e. The molecule has 0 aliphatic heterocycles. The Morgan fingerprint density at radius 3 is 2.48 bits per heavy atom. The number of rotatable bonds is 4. The van der Waals surface area contributed by atoms with Gasteiger partial charge >= 0.3 is 0 Å². The number of hydrogen-bond acceptors (Lipinski definition) is 3. The number of hydrogen-bond donors (Lipinski definition) is 0. The summed E-state index contributed by atoms with van der Waals surface area (Å²) >= 11 is 6.11. The molecule has 0 unspecified atom stereocenters. The number of benzene rings is 2. The zero-order chi connectivity index (χ0) is 19.8. The van der Waals surface area contributed by atoms with Crippen molar-refractivity contribution >= 4 is 22.6 Å². The lowest BCUT2D eigenvalue weighted by molar-refractivity contribution is 0.346. The van der Waals surface area contributed by atoms with Gasteiger partial charge in [0.15, 0.2) is 5.75 Å². The van der Waals surface area contributed by atoms with Crippen LogP contribution in [0.15, 0.2) is 42.0 Å². The highest BCUT2D eigenvalue weighted by Crippen LogP contribution is 2.37. The van der Waals surface area contributed by atoms with E-state index in [4.69, 9.17) is 16.3 Å². The Morgan fingerprint density at radius 2 is 1.81 bits per heavy atom. The van der Waals surface area contributed by atoms with Crippen molar-refractivity contribution in [2.45, 2.75) is 47.0 Å². The standard InChI is InChI=1S/C22H26ClN3O/c1-14(2)9-10-27-21-17(22(4,5)6)11-15(3)12-20(21)26-24-18-8-7-16(23)13-19(18)25-26/h7-9,11-13H,10H2,1-6H3. The molecule has 2 aromatic carbocycles. The molecule has 0 saturated carbocycles. The van der Waals surface area contributed by atoms with Crippen LogP contribution < -0.4 is 4.74 Å². The summed E-state index contributed by atoms with van der Waals surface area (Å²) in [6, 6.07) is 9.77. The van der Waals surface area contributed by atoms with Crippen molar-refractivity contribution < 1.29 is 4.74 Å². The molecular formula is C22H26ClN3O. The molecule has 3 aromatic rings. The van der Waals surface area contributed by atoms with Crippen LogP contribution in [0, 0.1) is 6.92 Å². The molecule has 0 atom stereocenters. The average molecular weight is 384 g/mol. The Morgan fingerprint density at radius 1 is 1.11 bits per heavy atom. The topological polar surface area (TPSA) is 39.9 Å². The molecule has 0 bridgehead atoms. The molecule has 142 valence electrons. The normalized spacial score (nSPS) is 11.7. The summed E-state index contributed by atoms with van der Waals surface area (Å²) in [5.74, 6) is 0.817. The molecule has 27 heavy (non-hydrogen) atoms. The number of aryl methyl sites for hydroxylation is 1. The molecule has 0 aliphatic rings. The van der Waals surface area contributed by atoms with Gasteiger partial charge in [-0.2, -0.15) is 0 Å². The second-order valence-corrected chi connectivity index (χ2v) is 8.56. The Bertz CT molecular complexity index is 1010. The summed E-state index contributed by atoms with van der Waals surface area (Å²) in [6.45, 7) is 13.3. The molecule has 0 aliphatic carbocycles. The first-order valence-electron chi connectivity index (χ1n) is 9.09. The predicted octanol–water partition coefficient (Wildman–Crippen LogP) is 6.02. The van der Waals surface area contributed by atoms with E-state index in [2.05, 4.69) is 69.9 Å². The van der Waals surface area contributed by atoms with Gasteiger partial charge in [0.25, 0.3) is 0 Å². The van der Waals surface area contributed by atoms with E-state index in [0.717, 1.165) is 33.6 Å². The third kappa shape index (κ3) is 4.33. The molecule has 4 nitrogen and oxygen atoms in total. The van der Waals surface area contributed by atoms with Gasteiger partial charge in [0.2, 0.25) is 0 Å². The van der Waals surface area contributed by atoms with Crippen molar-refractivity contribution in [1.29, 1.82) is 0 Å². The Balaban J connectivity index is 2.19. The van der Waals surface area contributed by atoms with Crippen molar-refractivity contribution in [3.05, 3.63) is 58.1 Å². The van der Waals surface area contributed by atoms with Crippen LogP contribution in [0.4, 0.5) is 0 Å². The third-order valence-electron chi connectivity index (χ3n) is 4.30. The van der Waals surface area contributed by atoms with Gasteiger partial charge in [0.1, 0.15) is 23.3 Å². The molecule has 3 rings (SSSR count). The molecule has 0 spiro atoms.